The lowest BCUT2D eigenvalue weighted by molar-refractivity contribution is -0.117. The fourth-order valence-corrected chi connectivity index (χ4v) is 4.55. The van der Waals surface area contributed by atoms with Crippen molar-refractivity contribution < 1.29 is 14.1 Å². The zero-order valence-corrected chi connectivity index (χ0v) is 18.6. The van der Waals surface area contributed by atoms with Crippen LogP contribution in [0.1, 0.15) is 30.2 Å². The predicted molar refractivity (Wildman–Crippen MR) is 123 cm³/mol. The largest absolute Gasteiger partial charge is 0.497 e. The summed E-state index contributed by atoms with van der Waals surface area (Å²) >= 11 is 1.67. The van der Waals surface area contributed by atoms with Crippen LogP contribution in [0.25, 0.3) is 22.6 Å². The van der Waals surface area contributed by atoms with Gasteiger partial charge in [0.2, 0.25) is 17.6 Å². The van der Waals surface area contributed by atoms with Gasteiger partial charge in [0.1, 0.15) is 5.75 Å². The molecule has 2 aromatic carbocycles. The van der Waals surface area contributed by atoms with Gasteiger partial charge in [0.25, 0.3) is 0 Å². The summed E-state index contributed by atoms with van der Waals surface area (Å²) in [7, 11) is 1.62. The first-order valence-electron chi connectivity index (χ1n) is 10.5. The number of aromatic nitrogens is 3. The topological polar surface area (TPSA) is 81.4 Å². The Morgan fingerprint density at radius 3 is 2.53 bits per heavy atom. The fourth-order valence-electron chi connectivity index (χ4n) is 3.80. The Bertz CT molecular complexity index is 1230. The molecule has 1 fully saturated rings. The first kappa shape index (κ1) is 20.4. The minimum atomic E-state index is -0.132. The predicted octanol–water partition coefficient (Wildman–Crippen LogP) is 4.95. The maximum Gasteiger partial charge on any atom is 0.232 e. The Morgan fingerprint density at radius 1 is 1.09 bits per heavy atom. The molecule has 0 saturated carbocycles. The maximum atomic E-state index is 12.6. The highest BCUT2D eigenvalue weighted by Gasteiger charge is 2.35. The van der Waals surface area contributed by atoms with Crippen molar-refractivity contribution in [1.29, 1.82) is 0 Å². The van der Waals surface area contributed by atoms with Crippen LogP contribution in [-0.2, 0) is 11.2 Å². The molecule has 8 heteroatoms. The van der Waals surface area contributed by atoms with Crippen LogP contribution in [-0.4, -0.2) is 34.7 Å². The Kier molecular flexibility index (Phi) is 5.45. The molecule has 0 radical (unpaired) electrons. The highest BCUT2D eigenvalue weighted by Crippen LogP contribution is 2.33. The molecular formula is C24H22N4O3S. The van der Waals surface area contributed by atoms with Crippen molar-refractivity contribution in [3.63, 3.8) is 0 Å². The van der Waals surface area contributed by atoms with Gasteiger partial charge >= 0.3 is 0 Å². The molecule has 0 spiro atoms. The van der Waals surface area contributed by atoms with E-state index in [0.717, 1.165) is 39.7 Å². The lowest BCUT2D eigenvalue weighted by Gasteiger charge is -2.16. The third-order valence-corrected chi connectivity index (χ3v) is 6.59. The number of carbonyl (C=O) groups excluding carboxylic acids is 1. The first-order chi connectivity index (χ1) is 15.6. The van der Waals surface area contributed by atoms with Gasteiger partial charge in [0, 0.05) is 35.2 Å². The minimum Gasteiger partial charge on any atom is -0.497 e. The quantitative estimate of drug-likeness (QED) is 0.417. The second-order valence-corrected chi connectivity index (χ2v) is 8.56. The van der Waals surface area contributed by atoms with Crippen molar-refractivity contribution in [1.82, 2.24) is 15.1 Å². The summed E-state index contributed by atoms with van der Waals surface area (Å²) in [6.45, 7) is 2.61. The van der Waals surface area contributed by atoms with Gasteiger partial charge in [-0.25, -0.2) is 4.98 Å². The second kappa shape index (κ2) is 8.55. The summed E-state index contributed by atoms with van der Waals surface area (Å²) in [5.74, 6) is 1.67. The van der Waals surface area contributed by atoms with Gasteiger partial charge in [-0.05, 0) is 30.7 Å². The standard InChI is InChI=1S/C24H22N4O3S/c1-3-21-25-20(14-32-21)15-4-6-16(7-5-15)23-26-24(31-27-23)17-12-22(29)28(13-17)18-8-10-19(30-2)11-9-18/h4-11,14,17H,3,12-13H2,1-2H3/t17-/m0/s1. The Morgan fingerprint density at radius 2 is 1.84 bits per heavy atom. The molecule has 1 saturated heterocycles. The number of hydrogen-bond acceptors (Lipinski definition) is 7. The number of amides is 1. The number of ether oxygens (including phenoxy) is 1. The highest BCUT2D eigenvalue weighted by atomic mass is 32.1. The normalized spacial score (nSPS) is 16.0. The molecule has 1 aliphatic heterocycles. The summed E-state index contributed by atoms with van der Waals surface area (Å²) in [5.41, 5.74) is 3.74. The molecule has 0 N–H and O–H groups in total. The number of anilines is 1. The van der Waals surface area contributed by atoms with E-state index in [9.17, 15) is 4.79 Å². The van der Waals surface area contributed by atoms with Gasteiger partial charge in [-0.15, -0.1) is 11.3 Å². The summed E-state index contributed by atoms with van der Waals surface area (Å²) in [4.78, 5) is 23.6. The molecule has 32 heavy (non-hydrogen) atoms. The maximum absolute atomic E-state index is 12.6. The van der Waals surface area contributed by atoms with Gasteiger partial charge in [-0.1, -0.05) is 36.3 Å². The summed E-state index contributed by atoms with van der Waals surface area (Å²) in [6.07, 6.45) is 1.28. The SMILES string of the molecule is CCc1nc(-c2ccc(-c3noc([C@H]4CC(=O)N(c5ccc(OC)cc5)C4)n3)cc2)cs1. The van der Waals surface area contributed by atoms with Crippen LogP contribution in [0.4, 0.5) is 5.69 Å². The molecule has 1 aliphatic rings. The van der Waals surface area contributed by atoms with E-state index in [1.807, 2.05) is 48.5 Å². The molecule has 0 bridgehead atoms. The number of thiazole rings is 1. The van der Waals surface area contributed by atoms with E-state index in [1.54, 1.807) is 23.3 Å². The number of rotatable bonds is 6. The molecule has 162 valence electrons. The zero-order valence-electron chi connectivity index (χ0n) is 17.8. The van der Waals surface area contributed by atoms with E-state index < -0.39 is 0 Å². The number of nitrogens with zero attached hydrogens (tertiary/aromatic N) is 4. The van der Waals surface area contributed by atoms with Crippen molar-refractivity contribution in [2.45, 2.75) is 25.7 Å². The fraction of sp³-hybridized carbons (Fsp3) is 0.250. The number of carbonyl (C=O) groups is 1. The van der Waals surface area contributed by atoms with Gasteiger partial charge in [-0.2, -0.15) is 4.98 Å². The van der Waals surface area contributed by atoms with Crippen molar-refractivity contribution in [2.24, 2.45) is 0 Å². The van der Waals surface area contributed by atoms with E-state index in [1.165, 1.54) is 0 Å². The van der Waals surface area contributed by atoms with Gasteiger partial charge in [-0.3, -0.25) is 4.79 Å². The Hall–Kier alpha value is -3.52. The van der Waals surface area contributed by atoms with Crippen LogP contribution in [0.15, 0.2) is 58.4 Å². The molecule has 0 aliphatic carbocycles. The van der Waals surface area contributed by atoms with Gasteiger partial charge in [0.15, 0.2) is 0 Å². The van der Waals surface area contributed by atoms with Crippen LogP contribution >= 0.6 is 11.3 Å². The monoisotopic (exact) mass is 446 g/mol. The number of aryl methyl sites for hydroxylation is 1. The van der Waals surface area contributed by atoms with E-state index in [0.29, 0.717) is 24.7 Å². The number of hydrogen-bond donors (Lipinski definition) is 0. The molecule has 1 atom stereocenters. The third-order valence-electron chi connectivity index (χ3n) is 5.59. The third kappa shape index (κ3) is 3.89. The smallest absolute Gasteiger partial charge is 0.232 e. The molecule has 2 aromatic heterocycles. The van der Waals surface area contributed by atoms with E-state index in [2.05, 4.69) is 27.4 Å². The van der Waals surface area contributed by atoms with Crippen LogP contribution in [0.5, 0.6) is 5.75 Å². The lowest BCUT2D eigenvalue weighted by atomic mass is 10.1. The van der Waals surface area contributed by atoms with Crippen LogP contribution in [0.3, 0.4) is 0 Å². The Labute approximate surface area is 189 Å². The first-order valence-corrected chi connectivity index (χ1v) is 11.4. The number of methoxy groups -OCH3 is 1. The molecular weight excluding hydrogens is 424 g/mol. The van der Waals surface area contributed by atoms with Crippen LogP contribution in [0, 0.1) is 0 Å². The van der Waals surface area contributed by atoms with Crippen LogP contribution in [0.2, 0.25) is 0 Å². The highest BCUT2D eigenvalue weighted by molar-refractivity contribution is 7.09. The average Bonchev–Trinajstić information content (AvgIpc) is 3.59. The molecule has 7 nitrogen and oxygen atoms in total. The lowest BCUT2D eigenvalue weighted by Crippen LogP contribution is -2.24. The second-order valence-electron chi connectivity index (χ2n) is 7.62. The molecule has 4 aromatic rings. The molecule has 1 amide bonds. The summed E-state index contributed by atoms with van der Waals surface area (Å²) in [6, 6.07) is 15.4. The average molecular weight is 447 g/mol. The van der Waals surface area contributed by atoms with Crippen molar-refractivity contribution >= 4 is 22.9 Å². The van der Waals surface area contributed by atoms with Gasteiger partial charge < -0.3 is 14.2 Å². The summed E-state index contributed by atoms with van der Waals surface area (Å²) < 4.78 is 10.7. The van der Waals surface area contributed by atoms with E-state index in [-0.39, 0.29) is 11.8 Å². The van der Waals surface area contributed by atoms with Crippen molar-refractivity contribution in [3.05, 3.63) is 64.8 Å². The molecule has 5 rings (SSSR count). The Balaban J connectivity index is 1.30. The minimum absolute atomic E-state index is 0.0407. The summed E-state index contributed by atoms with van der Waals surface area (Å²) in [5, 5.41) is 7.35. The van der Waals surface area contributed by atoms with Crippen molar-refractivity contribution in [2.75, 3.05) is 18.6 Å². The van der Waals surface area contributed by atoms with E-state index >= 15 is 0 Å². The van der Waals surface area contributed by atoms with Crippen molar-refractivity contribution in [3.8, 4) is 28.4 Å². The molecule has 0 unspecified atom stereocenters. The van der Waals surface area contributed by atoms with E-state index in [4.69, 9.17) is 9.26 Å². The molecule has 3 heterocycles. The number of benzene rings is 2. The zero-order chi connectivity index (χ0) is 22.1. The van der Waals surface area contributed by atoms with Crippen LogP contribution < -0.4 is 9.64 Å². The van der Waals surface area contributed by atoms with Gasteiger partial charge in [0.05, 0.1) is 23.7 Å².